The minimum absolute atomic E-state index is 0.0564. The summed E-state index contributed by atoms with van der Waals surface area (Å²) in [6.45, 7) is 7.51. The van der Waals surface area contributed by atoms with Crippen LogP contribution in [0, 0.1) is 30.9 Å². The molecule has 2 aromatic rings. The molecule has 0 N–H and O–H groups in total. The van der Waals surface area contributed by atoms with Crippen LogP contribution in [0.4, 0.5) is 5.82 Å². The van der Waals surface area contributed by atoms with E-state index in [1.807, 2.05) is 18.7 Å². The molecule has 28 heavy (non-hydrogen) atoms. The molecular formula is C20H26N4O4. The Hall–Kier alpha value is -2.90. The molecule has 0 aliphatic carbocycles. The lowest BCUT2D eigenvalue weighted by molar-refractivity contribution is -0.389. The zero-order chi connectivity index (χ0) is 20.3. The zero-order valence-electron chi connectivity index (χ0n) is 16.6. The summed E-state index contributed by atoms with van der Waals surface area (Å²) in [6.07, 6.45) is 3.40. The van der Waals surface area contributed by atoms with Crippen LogP contribution in [0.3, 0.4) is 0 Å². The Kier molecular flexibility index (Phi) is 5.96. The van der Waals surface area contributed by atoms with Gasteiger partial charge in [-0.25, -0.2) is 0 Å². The third kappa shape index (κ3) is 4.68. The van der Waals surface area contributed by atoms with Crippen LogP contribution in [0.1, 0.15) is 36.2 Å². The topological polar surface area (TPSA) is 90.5 Å². The average Bonchev–Trinajstić information content (AvgIpc) is 3.04. The second-order valence-electron chi connectivity index (χ2n) is 7.31. The molecule has 1 aromatic heterocycles. The van der Waals surface area contributed by atoms with E-state index in [0.29, 0.717) is 31.9 Å². The monoisotopic (exact) mass is 386 g/mol. The molecule has 0 spiro atoms. The number of nitro groups is 1. The van der Waals surface area contributed by atoms with Gasteiger partial charge in [0, 0.05) is 45.8 Å². The second kappa shape index (κ2) is 8.41. The Labute approximate surface area is 164 Å². The number of nitrogens with zero attached hydrogens (tertiary/aromatic N) is 4. The summed E-state index contributed by atoms with van der Waals surface area (Å²) in [7, 11) is 0. The predicted octanol–water partition coefficient (Wildman–Crippen LogP) is 3.18. The Morgan fingerprint density at radius 2 is 2.00 bits per heavy atom. The Morgan fingerprint density at radius 3 is 2.64 bits per heavy atom. The van der Waals surface area contributed by atoms with Crippen LogP contribution in [0.15, 0.2) is 24.4 Å². The number of carbonyl (C=O) groups is 1. The molecular weight excluding hydrogens is 360 g/mol. The number of aryl methyl sites for hydroxylation is 4. The van der Waals surface area contributed by atoms with Crippen molar-refractivity contribution in [1.82, 2.24) is 14.5 Å². The van der Waals surface area contributed by atoms with Gasteiger partial charge in [0.15, 0.2) is 0 Å². The molecule has 1 aromatic carbocycles. The van der Waals surface area contributed by atoms with Gasteiger partial charge >= 0.3 is 5.82 Å². The molecule has 1 amide bonds. The first-order chi connectivity index (χ1) is 13.3. The molecule has 0 unspecified atom stereocenters. The Bertz CT molecular complexity index is 869. The summed E-state index contributed by atoms with van der Waals surface area (Å²) in [5, 5.41) is 10.8. The molecule has 1 aliphatic rings. The molecule has 3 rings (SSSR count). The first kappa shape index (κ1) is 19.9. The molecule has 0 bridgehead atoms. The molecule has 2 heterocycles. The fourth-order valence-corrected chi connectivity index (χ4v) is 3.42. The van der Waals surface area contributed by atoms with Gasteiger partial charge in [0.2, 0.25) is 11.7 Å². The minimum atomic E-state index is -0.522. The van der Waals surface area contributed by atoms with Gasteiger partial charge < -0.3 is 24.3 Å². The molecule has 150 valence electrons. The number of hydrogen-bond donors (Lipinski definition) is 0. The lowest BCUT2D eigenvalue weighted by Gasteiger charge is -2.32. The number of piperidine rings is 1. The molecule has 8 nitrogen and oxygen atoms in total. The van der Waals surface area contributed by atoms with Crippen LogP contribution >= 0.6 is 0 Å². The summed E-state index contributed by atoms with van der Waals surface area (Å²) in [6, 6.07) is 6.19. The number of imidazole rings is 1. The number of hydrogen-bond acceptors (Lipinski definition) is 5. The quantitative estimate of drug-likeness (QED) is 0.562. The van der Waals surface area contributed by atoms with E-state index in [1.54, 1.807) is 11.5 Å². The molecule has 1 fully saturated rings. The Balaban J connectivity index is 1.48. The summed E-state index contributed by atoms with van der Waals surface area (Å²) >= 11 is 0. The minimum Gasteiger partial charge on any atom is -0.490 e. The van der Waals surface area contributed by atoms with E-state index >= 15 is 0 Å². The highest BCUT2D eigenvalue weighted by atomic mass is 16.6. The predicted molar refractivity (Wildman–Crippen MR) is 104 cm³/mol. The number of carbonyl (C=O) groups excluding carboxylic acids is 1. The van der Waals surface area contributed by atoms with Crippen molar-refractivity contribution >= 4 is 11.7 Å². The van der Waals surface area contributed by atoms with Crippen molar-refractivity contribution in [3.63, 3.8) is 0 Å². The van der Waals surface area contributed by atoms with Gasteiger partial charge in [0.25, 0.3) is 0 Å². The van der Waals surface area contributed by atoms with Crippen molar-refractivity contribution in [3.8, 4) is 5.75 Å². The van der Waals surface area contributed by atoms with Crippen LogP contribution in [0.2, 0.25) is 0 Å². The van der Waals surface area contributed by atoms with E-state index in [1.165, 1.54) is 11.8 Å². The average molecular weight is 386 g/mol. The van der Waals surface area contributed by atoms with Gasteiger partial charge in [-0.1, -0.05) is 12.1 Å². The van der Waals surface area contributed by atoms with Gasteiger partial charge in [-0.3, -0.25) is 4.79 Å². The molecule has 1 aliphatic heterocycles. The van der Waals surface area contributed by atoms with Crippen molar-refractivity contribution in [1.29, 1.82) is 0 Å². The molecule has 0 radical (unpaired) electrons. The number of benzene rings is 1. The van der Waals surface area contributed by atoms with Crippen molar-refractivity contribution in [2.75, 3.05) is 13.1 Å². The zero-order valence-corrected chi connectivity index (χ0v) is 16.6. The lowest BCUT2D eigenvalue weighted by Crippen LogP contribution is -2.42. The van der Waals surface area contributed by atoms with Crippen molar-refractivity contribution in [2.24, 2.45) is 0 Å². The number of likely N-dealkylation sites (tertiary alicyclic amines) is 1. The maximum Gasteiger partial charge on any atom is 0.381 e. The molecule has 8 heteroatoms. The summed E-state index contributed by atoms with van der Waals surface area (Å²) < 4.78 is 7.81. The normalized spacial score (nSPS) is 14.9. The highest BCUT2D eigenvalue weighted by Crippen LogP contribution is 2.24. The van der Waals surface area contributed by atoms with Crippen LogP contribution in [-0.4, -0.2) is 44.5 Å². The van der Waals surface area contributed by atoms with E-state index in [0.717, 1.165) is 24.2 Å². The van der Waals surface area contributed by atoms with Gasteiger partial charge in [-0.05, 0) is 40.9 Å². The van der Waals surface area contributed by atoms with Crippen LogP contribution < -0.4 is 4.74 Å². The fraction of sp³-hybridized carbons (Fsp3) is 0.500. The van der Waals surface area contributed by atoms with Gasteiger partial charge in [0.1, 0.15) is 18.1 Å². The number of aromatic nitrogens is 2. The first-order valence-electron chi connectivity index (χ1n) is 9.53. The summed E-state index contributed by atoms with van der Waals surface area (Å²) in [5.74, 6) is 1.33. The van der Waals surface area contributed by atoms with Gasteiger partial charge in [0.05, 0.1) is 0 Å². The summed E-state index contributed by atoms with van der Waals surface area (Å²) in [4.78, 5) is 28.5. The Morgan fingerprint density at radius 1 is 1.29 bits per heavy atom. The van der Waals surface area contributed by atoms with Crippen LogP contribution in [0.25, 0.3) is 0 Å². The van der Waals surface area contributed by atoms with Crippen molar-refractivity contribution < 1.29 is 14.5 Å². The van der Waals surface area contributed by atoms with Crippen LogP contribution in [0.5, 0.6) is 5.75 Å². The van der Waals surface area contributed by atoms with Crippen LogP contribution in [-0.2, 0) is 11.3 Å². The van der Waals surface area contributed by atoms with E-state index < -0.39 is 4.92 Å². The SMILES string of the molecule is Cc1ccc(C)c(OC2CCN(C(=O)CCn3cc([N+](=O)[O-])nc3C)CC2)c1. The lowest BCUT2D eigenvalue weighted by atomic mass is 10.1. The number of rotatable bonds is 6. The van der Waals surface area contributed by atoms with E-state index in [4.69, 9.17) is 4.74 Å². The highest BCUT2D eigenvalue weighted by molar-refractivity contribution is 5.76. The van der Waals surface area contributed by atoms with Gasteiger partial charge in [-0.2, -0.15) is 0 Å². The molecule has 0 atom stereocenters. The standard InChI is InChI=1S/C20H26N4O4/c1-14-4-5-15(2)18(12-14)28-17-6-9-22(10-7-17)20(25)8-11-23-13-19(24(26)27)21-16(23)3/h4-5,12-13,17H,6-11H2,1-3H3. The maximum atomic E-state index is 12.5. The number of ether oxygens (including phenoxy) is 1. The van der Waals surface area contributed by atoms with E-state index in [9.17, 15) is 14.9 Å². The van der Waals surface area contributed by atoms with Gasteiger partial charge in [-0.15, -0.1) is 0 Å². The van der Waals surface area contributed by atoms with E-state index in [2.05, 4.69) is 23.2 Å². The third-order valence-corrected chi connectivity index (χ3v) is 5.15. The highest BCUT2D eigenvalue weighted by Gasteiger charge is 2.24. The maximum absolute atomic E-state index is 12.5. The second-order valence-corrected chi connectivity index (χ2v) is 7.31. The third-order valence-electron chi connectivity index (χ3n) is 5.15. The van der Waals surface area contributed by atoms with Crippen molar-refractivity contribution in [3.05, 3.63) is 51.5 Å². The number of amides is 1. The largest absolute Gasteiger partial charge is 0.490 e. The molecule has 1 saturated heterocycles. The fourth-order valence-electron chi connectivity index (χ4n) is 3.42. The first-order valence-corrected chi connectivity index (χ1v) is 9.53. The molecule has 0 saturated carbocycles. The van der Waals surface area contributed by atoms with Crippen molar-refractivity contribution in [2.45, 2.75) is 52.7 Å². The van der Waals surface area contributed by atoms with E-state index in [-0.39, 0.29) is 17.8 Å². The smallest absolute Gasteiger partial charge is 0.381 e. The summed E-state index contributed by atoms with van der Waals surface area (Å²) in [5.41, 5.74) is 2.29.